The van der Waals surface area contributed by atoms with Crippen molar-refractivity contribution in [2.45, 2.75) is 0 Å². The third kappa shape index (κ3) is 4.10. The summed E-state index contributed by atoms with van der Waals surface area (Å²) in [6.45, 7) is -0.964. The number of hydrogen-bond donors (Lipinski definition) is 0. The zero-order chi connectivity index (χ0) is 26.4. The van der Waals surface area contributed by atoms with Crippen LogP contribution in [0.4, 0.5) is 10.1 Å². The van der Waals surface area contributed by atoms with E-state index in [0.717, 1.165) is 21.2 Å². The van der Waals surface area contributed by atoms with Gasteiger partial charge in [0.25, 0.3) is 0 Å². The van der Waals surface area contributed by atoms with Crippen LogP contribution in [-0.2, 0) is 21.1 Å². The predicted molar refractivity (Wildman–Crippen MR) is 131 cm³/mol. The number of benzene rings is 3. The minimum atomic E-state index is -2.34. The maximum absolute atomic E-state index is 14.8. The Morgan fingerprint density at radius 2 is 2.00 bits per heavy atom. The van der Waals surface area contributed by atoms with Gasteiger partial charge in [-0.05, 0) is 55.1 Å². The molecule has 3 aromatic carbocycles. The smallest absolute Gasteiger partial charge is 0.135 e. The summed E-state index contributed by atoms with van der Waals surface area (Å²) in [5.74, 6) is 0.0948. The van der Waals surface area contributed by atoms with Gasteiger partial charge in [-0.25, -0.2) is 4.98 Å². The van der Waals surface area contributed by atoms with Crippen molar-refractivity contribution in [3.63, 3.8) is 0 Å². The number of nitriles is 1. The van der Waals surface area contributed by atoms with Crippen molar-refractivity contribution in [1.82, 2.24) is 14.5 Å². The second kappa shape index (κ2) is 9.48. The van der Waals surface area contributed by atoms with Gasteiger partial charge < -0.3 is 19.1 Å². The van der Waals surface area contributed by atoms with Crippen molar-refractivity contribution in [2.75, 3.05) is 11.9 Å². The van der Waals surface area contributed by atoms with Gasteiger partial charge in [-0.2, -0.15) is 18.0 Å². The van der Waals surface area contributed by atoms with E-state index < -0.39 is 12.8 Å². The molecule has 0 saturated heterocycles. The molecule has 0 unspecified atom stereocenters. The molecule has 3 heterocycles. The van der Waals surface area contributed by atoms with E-state index in [1.54, 1.807) is 24.5 Å². The topological polar surface area (TPSA) is 57.3 Å². The van der Waals surface area contributed by atoms with Gasteiger partial charge in [-0.15, -0.1) is 41.4 Å². The zero-order valence-electron chi connectivity index (χ0n) is 21.4. The van der Waals surface area contributed by atoms with Gasteiger partial charge in [0.1, 0.15) is 5.82 Å². The van der Waals surface area contributed by atoms with E-state index in [2.05, 4.69) is 23.2 Å². The molecule has 180 valence electrons. The van der Waals surface area contributed by atoms with Crippen LogP contribution < -0.4 is 9.64 Å². The van der Waals surface area contributed by atoms with Crippen LogP contribution in [0.15, 0.2) is 79.3 Å². The van der Waals surface area contributed by atoms with Crippen LogP contribution in [0.5, 0.6) is 11.5 Å². The van der Waals surface area contributed by atoms with E-state index in [4.69, 9.17) is 8.85 Å². The average Bonchev–Trinajstić information content (AvgIpc) is 3.54. The molecule has 0 aliphatic carbocycles. The molecule has 36 heavy (non-hydrogen) atoms. The van der Waals surface area contributed by atoms with Crippen LogP contribution in [0.25, 0.3) is 27.6 Å². The van der Waals surface area contributed by atoms with Crippen LogP contribution in [0, 0.1) is 35.9 Å². The molecule has 1 aliphatic heterocycles. The molecule has 0 fully saturated rings. The molecular weight excluding hydrogens is 636 g/mol. The van der Waals surface area contributed by atoms with E-state index >= 15 is 0 Å². The number of ether oxygens (including phenoxy) is 1. The summed E-state index contributed by atoms with van der Waals surface area (Å²) in [5.41, 5.74) is 2.40. The molecular formula is C28H17FN5OPt-3. The molecule has 0 atom stereocenters. The standard InChI is InChI=1S/C28H17FN5O.Pt/c1-32-12-13-33(18-32)20-6-9-24(29)27(15-20)35-21-7-8-22-23-14-19(17-30)5-10-25(23)34(26(22)16-21)28-4-2-3-11-31-28;/h2-14,18H,1H3;/q-3;/i1D3;. The molecule has 5 aromatic rings. The molecule has 0 saturated carbocycles. The molecule has 8 heteroatoms. The molecule has 0 amide bonds. The Kier molecular flexibility index (Phi) is 5.29. The Labute approximate surface area is 225 Å². The monoisotopic (exact) mass is 656 g/mol. The Bertz CT molecular complexity index is 1770. The van der Waals surface area contributed by atoms with Crippen molar-refractivity contribution in [3.8, 4) is 23.4 Å². The third-order valence-electron chi connectivity index (χ3n) is 5.63. The normalized spacial score (nSPS) is 14.3. The van der Waals surface area contributed by atoms with Gasteiger partial charge in [0.2, 0.25) is 0 Å². The van der Waals surface area contributed by atoms with Crippen molar-refractivity contribution >= 4 is 27.5 Å². The first-order valence-electron chi connectivity index (χ1n) is 12.1. The quantitative estimate of drug-likeness (QED) is 0.225. The maximum Gasteiger partial charge on any atom is 0.135 e. The summed E-state index contributed by atoms with van der Waals surface area (Å²) in [5, 5.41) is 11.1. The van der Waals surface area contributed by atoms with Gasteiger partial charge in [0.15, 0.2) is 0 Å². The molecule has 2 aromatic heterocycles. The zero-order valence-corrected chi connectivity index (χ0v) is 20.7. The fraction of sp³-hybridized carbons (Fsp3) is 0.0357. The summed E-state index contributed by atoms with van der Waals surface area (Å²) in [7, 11) is 0. The van der Waals surface area contributed by atoms with Gasteiger partial charge in [-0.3, -0.25) is 4.39 Å². The van der Waals surface area contributed by atoms with Crippen molar-refractivity contribution in [3.05, 3.63) is 109 Å². The first kappa shape index (κ1) is 20.1. The summed E-state index contributed by atoms with van der Waals surface area (Å²) in [4.78, 5) is 7.06. The fourth-order valence-electron chi connectivity index (χ4n) is 4.06. The molecule has 0 spiro atoms. The van der Waals surface area contributed by atoms with Crippen molar-refractivity contribution in [2.24, 2.45) is 0 Å². The number of halogens is 1. The Hall–Kier alpha value is -4.14. The number of rotatable bonds is 4. The van der Waals surface area contributed by atoms with Gasteiger partial charge in [0.05, 0.1) is 17.4 Å². The third-order valence-corrected chi connectivity index (χ3v) is 5.63. The Morgan fingerprint density at radius 3 is 2.78 bits per heavy atom. The molecule has 0 radical (unpaired) electrons. The van der Waals surface area contributed by atoms with Gasteiger partial charge >= 0.3 is 0 Å². The molecule has 0 bridgehead atoms. The summed E-state index contributed by atoms with van der Waals surface area (Å²) >= 11 is 0. The Balaban J connectivity index is 0.00000308. The van der Waals surface area contributed by atoms with Crippen LogP contribution in [0.1, 0.15) is 9.68 Å². The average molecular weight is 657 g/mol. The molecule has 1 aliphatic rings. The minimum absolute atomic E-state index is 0. The second-order valence-corrected chi connectivity index (χ2v) is 7.80. The van der Waals surface area contributed by atoms with Crippen LogP contribution in [-0.4, -0.2) is 21.4 Å². The maximum atomic E-state index is 14.8. The molecule has 6 rings (SSSR count). The van der Waals surface area contributed by atoms with E-state index in [1.807, 2.05) is 41.0 Å². The number of aromatic nitrogens is 2. The second-order valence-electron chi connectivity index (χ2n) is 7.80. The summed E-state index contributed by atoms with van der Waals surface area (Å²) in [6, 6.07) is 25.4. The van der Waals surface area contributed by atoms with Crippen LogP contribution in [0.2, 0.25) is 0 Å². The first-order chi connectivity index (χ1) is 18.3. The largest absolute Gasteiger partial charge is 0.510 e. The van der Waals surface area contributed by atoms with Crippen LogP contribution >= 0.6 is 0 Å². The van der Waals surface area contributed by atoms with E-state index in [0.29, 0.717) is 22.6 Å². The Morgan fingerprint density at radius 1 is 1.08 bits per heavy atom. The number of nitrogens with zero attached hydrogens (tertiary/aromatic N) is 5. The molecule has 0 N–H and O–H groups in total. The van der Waals surface area contributed by atoms with Crippen LogP contribution in [0.3, 0.4) is 0 Å². The summed E-state index contributed by atoms with van der Waals surface area (Å²) in [6.07, 6.45) is 4.63. The summed E-state index contributed by atoms with van der Waals surface area (Å²) < 4.78 is 45.2. The minimum Gasteiger partial charge on any atom is -0.510 e. The van der Waals surface area contributed by atoms with Gasteiger partial charge in [0, 0.05) is 48.4 Å². The van der Waals surface area contributed by atoms with Crippen molar-refractivity contribution < 1.29 is 34.3 Å². The van der Waals surface area contributed by atoms with E-state index in [1.165, 1.54) is 29.9 Å². The number of pyridine rings is 1. The number of fused-ring (bicyclic) bond motifs is 3. The number of anilines is 1. The van der Waals surface area contributed by atoms with Gasteiger partial charge in [-0.1, -0.05) is 11.6 Å². The fourth-order valence-corrected chi connectivity index (χ4v) is 4.06. The van der Waals surface area contributed by atoms with Crippen molar-refractivity contribution in [1.29, 1.82) is 5.26 Å². The molecule has 6 nitrogen and oxygen atoms in total. The SMILES string of the molecule is [2H]C([2H])([2H])N1C=CN(c2[c-]c(Oc3[c-]c4c(cc3)c3cc(C#N)ccc3n4-c3ccccn3)c(F)cc2)[CH-]1.[Pt]. The number of hydrogen-bond acceptors (Lipinski definition) is 5. The first-order valence-corrected chi connectivity index (χ1v) is 10.6. The van der Waals surface area contributed by atoms with E-state index in [-0.39, 0.29) is 32.6 Å². The predicted octanol–water partition coefficient (Wildman–Crippen LogP) is 5.92. The van der Waals surface area contributed by atoms with E-state index in [9.17, 15) is 9.65 Å².